The van der Waals surface area contributed by atoms with Crippen LogP contribution in [0.3, 0.4) is 0 Å². The van der Waals surface area contributed by atoms with Crippen molar-refractivity contribution in [3.05, 3.63) is 11.7 Å². The molecule has 2 aliphatic rings. The molecule has 1 aromatic rings. The van der Waals surface area contributed by atoms with E-state index >= 15 is 0 Å². The Morgan fingerprint density at radius 2 is 2.32 bits per heavy atom. The highest BCUT2D eigenvalue weighted by Gasteiger charge is 2.37. The average molecular weight is 285 g/mol. The van der Waals surface area contributed by atoms with E-state index in [1.165, 1.54) is 0 Å². The molecule has 3 rings (SSSR count). The molecule has 0 radical (unpaired) electrons. The van der Waals surface area contributed by atoms with Crippen molar-refractivity contribution < 1.29 is 12.9 Å². The van der Waals surface area contributed by atoms with E-state index in [0.717, 1.165) is 25.9 Å². The molecule has 2 fully saturated rings. The summed E-state index contributed by atoms with van der Waals surface area (Å²) in [7, 11) is -2.91. The third kappa shape index (κ3) is 2.53. The minimum atomic E-state index is -2.91. The van der Waals surface area contributed by atoms with Crippen molar-refractivity contribution in [3.63, 3.8) is 0 Å². The fourth-order valence-electron chi connectivity index (χ4n) is 2.88. The van der Waals surface area contributed by atoms with Gasteiger partial charge in [0.25, 0.3) is 0 Å². The van der Waals surface area contributed by atoms with Crippen molar-refractivity contribution in [2.45, 2.75) is 37.5 Å². The van der Waals surface area contributed by atoms with Crippen LogP contribution >= 0.6 is 0 Å². The van der Waals surface area contributed by atoms with Crippen molar-refractivity contribution in [1.82, 2.24) is 15.5 Å². The second kappa shape index (κ2) is 4.56. The number of piperidine rings is 1. The first-order valence-electron chi connectivity index (χ1n) is 6.74. The molecule has 2 atom stereocenters. The molecule has 7 heteroatoms. The largest absolute Gasteiger partial charge is 0.339 e. The van der Waals surface area contributed by atoms with Crippen molar-refractivity contribution >= 4 is 9.84 Å². The fourth-order valence-corrected chi connectivity index (χ4v) is 4.62. The highest BCUT2D eigenvalue weighted by molar-refractivity contribution is 7.91. The summed E-state index contributed by atoms with van der Waals surface area (Å²) in [5.41, 5.74) is -0.124. The summed E-state index contributed by atoms with van der Waals surface area (Å²) in [6, 6.07) is 0. The van der Waals surface area contributed by atoms with Gasteiger partial charge < -0.3 is 9.84 Å². The van der Waals surface area contributed by atoms with Gasteiger partial charge in [-0.15, -0.1) is 0 Å². The summed E-state index contributed by atoms with van der Waals surface area (Å²) < 4.78 is 28.4. The zero-order valence-electron chi connectivity index (χ0n) is 11.1. The highest BCUT2D eigenvalue weighted by atomic mass is 32.2. The Bertz CT molecular complexity index is 561. The van der Waals surface area contributed by atoms with E-state index in [0.29, 0.717) is 18.1 Å². The lowest BCUT2D eigenvalue weighted by molar-refractivity contribution is 0.244. The van der Waals surface area contributed by atoms with E-state index in [4.69, 9.17) is 4.52 Å². The van der Waals surface area contributed by atoms with Gasteiger partial charge in [-0.05, 0) is 32.7 Å². The van der Waals surface area contributed by atoms with Crippen LogP contribution in [0.2, 0.25) is 0 Å². The maximum atomic E-state index is 11.5. The second-order valence-corrected chi connectivity index (χ2v) is 8.13. The molecule has 0 aromatic carbocycles. The number of hydrogen-bond acceptors (Lipinski definition) is 6. The molecule has 0 saturated carbocycles. The van der Waals surface area contributed by atoms with Crippen molar-refractivity contribution in [3.8, 4) is 0 Å². The Labute approximate surface area is 112 Å². The number of nitrogens with zero attached hydrogens (tertiary/aromatic N) is 2. The zero-order valence-corrected chi connectivity index (χ0v) is 11.9. The molecule has 6 nitrogen and oxygen atoms in total. The smallest absolute Gasteiger partial charge is 0.233 e. The van der Waals surface area contributed by atoms with E-state index in [1.807, 2.05) is 0 Å². The van der Waals surface area contributed by atoms with Gasteiger partial charge in [-0.1, -0.05) is 5.16 Å². The molecule has 106 valence electrons. The third-order valence-corrected chi connectivity index (χ3v) is 5.92. The maximum Gasteiger partial charge on any atom is 0.233 e. The van der Waals surface area contributed by atoms with Crippen molar-refractivity contribution in [2.24, 2.45) is 0 Å². The minimum Gasteiger partial charge on any atom is -0.339 e. The van der Waals surface area contributed by atoms with Crippen LogP contribution in [0.5, 0.6) is 0 Å². The monoisotopic (exact) mass is 285 g/mol. The average Bonchev–Trinajstić information content (AvgIpc) is 2.96. The number of nitrogens with one attached hydrogen (secondary N) is 1. The Morgan fingerprint density at radius 3 is 2.95 bits per heavy atom. The second-order valence-electron chi connectivity index (χ2n) is 5.90. The van der Waals surface area contributed by atoms with E-state index in [9.17, 15) is 8.42 Å². The van der Waals surface area contributed by atoms with Gasteiger partial charge in [0.2, 0.25) is 5.89 Å². The lowest BCUT2D eigenvalue weighted by Gasteiger charge is -2.30. The van der Waals surface area contributed by atoms with Gasteiger partial charge in [-0.3, -0.25) is 0 Å². The first kappa shape index (κ1) is 13.1. The topological polar surface area (TPSA) is 85.1 Å². The number of aromatic nitrogens is 2. The van der Waals surface area contributed by atoms with Crippen LogP contribution in [-0.4, -0.2) is 43.2 Å². The molecule has 19 heavy (non-hydrogen) atoms. The fraction of sp³-hybridized carbons (Fsp3) is 0.833. The normalized spacial score (nSPS) is 34.5. The highest BCUT2D eigenvalue weighted by Crippen LogP contribution is 2.32. The lowest BCUT2D eigenvalue weighted by Crippen LogP contribution is -2.41. The Morgan fingerprint density at radius 1 is 1.47 bits per heavy atom. The summed E-state index contributed by atoms with van der Waals surface area (Å²) in [5.74, 6) is 1.49. The first-order chi connectivity index (χ1) is 8.99. The lowest BCUT2D eigenvalue weighted by atomic mass is 9.83. The molecule has 0 aliphatic carbocycles. The molecular formula is C12H19N3O3S. The van der Waals surface area contributed by atoms with Gasteiger partial charge >= 0.3 is 0 Å². The summed E-state index contributed by atoms with van der Waals surface area (Å²) in [6.45, 7) is 3.97. The van der Waals surface area contributed by atoms with Crippen molar-refractivity contribution in [2.75, 3.05) is 24.6 Å². The molecule has 2 unspecified atom stereocenters. The van der Waals surface area contributed by atoms with Gasteiger partial charge in [0.15, 0.2) is 15.7 Å². The summed E-state index contributed by atoms with van der Waals surface area (Å²) in [5, 5.41) is 7.35. The molecule has 3 heterocycles. The Balaban J connectivity index is 1.80. The van der Waals surface area contributed by atoms with Crippen LogP contribution in [0.1, 0.15) is 43.8 Å². The Kier molecular flexibility index (Phi) is 3.13. The van der Waals surface area contributed by atoms with Crippen LogP contribution in [0.4, 0.5) is 0 Å². The van der Waals surface area contributed by atoms with Crippen LogP contribution in [0.15, 0.2) is 4.52 Å². The van der Waals surface area contributed by atoms with Crippen LogP contribution in [-0.2, 0) is 15.3 Å². The quantitative estimate of drug-likeness (QED) is 0.857. The van der Waals surface area contributed by atoms with Gasteiger partial charge in [0.1, 0.15) is 0 Å². The third-order valence-electron chi connectivity index (χ3n) is 4.15. The van der Waals surface area contributed by atoms with Gasteiger partial charge in [0.05, 0.1) is 16.9 Å². The molecule has 1 aromatic heterocycles. The Hall–Kier alpha value is -0.950. The minimum absolute atomic E-state index is 0.0948. The summed E-state index contributed by atoms with van der Waals surface area (Å²) in [6.07, 6.45) is 2.72. The van der Waals surface area contributed by atoms with E-state index < -0.39 is 9.84 Å². The van der Waals surface area contributed by atoms with Gasteiger partial charge in [-0.2, -0.15) is 4.98 Å². The van der Waals surface area contributed by atoms with Crippen molar-refractivity contribution in [1.29, 1.82) is 0 Å². The summed E-state index contributed by atoms with van der Waals surface area (Å²) in [4.78, 5) is 4.47. The van der Waals surface area contributed by atoms with Gasteiger partial charge in [-0.25, -0.2) is 8.42 Å². The predicted octanol–water partition coefficient (Wildman–Crippen LogP) is 0.613. The molecular weight excluding hydrogens is 266 g/mol. The molecule has 0 bridgehead atoms. The van der Waals surface area contributed by atoms with Crippen LogP contribution in [0, 0.1) is 0 Å². The molecule has 1 N–H and O–H groups in total. The molecule has 0 spiro atoms. The number of rotatable bonds is 2. The zero-order chi connectivity index (χ0) is 13.5. The van der Waals surface area contributed by atoms with E-state index in [-0.39, 0.29) is 22.8 Å². The summed E-state index contributed by atoms with van der Waals surface area (Å²) >= 11 is 0. The van der Waals surface area contributed by atoms with E-state index in [2.05, 4.69) is 22.4 Å². The predicted molar refractivity (Wildman–Crippen MR) is 69.8 cm³/mol. The van der Waals surface area contributed by atoms with Gasteiger partial charge in [0, 0.05) is 12.5 Å². The van der Waals surface area contributed by atoms with Crippen LogP contribution in [0.25, 0.3) is 0 Å². The molecule has 0 amide bonds. The number of hydrogen-bond donors (Lipinski definition) is 1. The molecule has 2 saturated heterocycles. The maximum absolute atomic E-state index is 11.5. The SMILES string of the molecule is CC1(c2nc(C3CCS(=O)(=O)C3)no2)CCCNC1. The first-order valence-corrected chi connectivity index (χ1v) is 8.56. The number of sulfone groups is 1. The molecule has 2 aliphatic heterocycles. The van der Waals surface area contributed by atoms with Crippen LogP contribution < -0.4 is 5.32 Å². The standard InChI is InChI=1S/C12H19N3O3S/c1-12(4-2-5-13-8-12)11-14-10(15-18-11)9-3-6-19(16,17)7-9/h9,13H,2-8H2,1H3. The van der Waals surface area contributed by atoms with E-state index in [1.54, 1.807) is 0 Å².